The van der Waals surface area contributed by atoms with E-state index in [1.165, 1.54) is 12.1 Å². The van der Waals surface area contributed by atoms with E-state index in [-0.39, 0.29) is 18.4 Å². The Balaban J connectivity index is 2.86. The van der Waals surface area contributed by atoms with Gasteiger partial charge in [0.25, 0.3) is 0 Å². The zero-order valence-electron chi connectivity index (χ0n) is 10.8. The molecule has 18 heavy (non-hydrogen) atoms. The molecule has 1 aromatic carbocycles. The Morgan fingerprint density at radius 3 is 2.39 bits per heavy atom. The lowest BCUT2D eigenvalue weighted by molar-refractivity contribution is 0.312. The normalized spacial score (nSPS) is 12.3. The molecule has 1 unspecified atom stereocenters. The van der Waals surface area contributed by atoms with E-state index in [0.717, 1.165) is 6.42 Å². The van der Waals surface area contributed by atoms with Crippen molar-refractivity contribution in [2.75, 3.05) is 6.61 Å². The van der Waals surface area contributed by atoms with Gasteiger partial charge in [0.1, 0.15) is 6.61 Å². The maximum absolute atomic E-state index is 13.7. The summed E-state index contributed by atoms with van der Waals surface area (Å²) in [5.74, 6) is -1.75. The van der Waals surface area contributed by atoms with E-state index in [9.17, 15) is 8.78 Å². The van der Waals surface area contributed by atoms with Gasteiger partial charge in [-0.3, -0.25) is 0 Å². The van der Waals surface area contributed by atoms with Crippen molar-refractivity contribution >= 4 is 0 Å². The Morgan fingerprint density at radius 2 is 1.94 bits per heavy atom. The highest BCUT2D eigenvalue weighted by Gasteiger charge is 2.14. The Morgan fingerprint density at radius 1 is 1.39 bits per heavy atom. The van der Waals surface area contributed by atoms with Crippen LogP contribution in [0.2, 0.25) is 0 Å². The molecular formula is C14H19F2NO. The number of nitrogens with two attached hydrogens (primary N) is 1. The van der Waals surface area contributed by atoms with E-state index in [0.29, 0.717) is 17.6 Å². The second kappa shape index (κ2) is 6.50. The first-order valence-electron chi connectivity index (χ1n) is 5.94. The van der Waals surface area contributed by atoms with Crippen LogP contribution in [-0.4, -0.2) is 12.6 Å². The van der Waals surface area contributed by atoms with Gasteiger partial charge in [-0.1, -0.05) is 13.5 Å². The second-order valence-electron chi connectivity index (χ2n) is 4.51. The largest absolute Gasteiger partial charge is 0.483 e. The highest BCUT2D eigenvalue weighted by atomic mass is 19.1. The van der Waals surface area contributed by atoms with Crippen molar-refractivity contribution in [3.63, 3.8) is 0 Å². The number of benzene rings is 1. The van der Waals surface area contributed by atoms with E-state index in [1.807, 2.05) is 6.92 Å². The van der Waals surface area contributed by atoms with E-state index in [4.69, 9.17) is 10.5 Å². The fourth-order valence-corrected chi connectivity index (χ4v) is 1.51. The molecule has 2 nitrogen and oxygen atoms in total. The van der Waals surface area contributed by atoms with E-state index < -0.39 is 11.6 Å². The summed E-state index contributed by atoms with van der Waals surface area (Å²) in [5.41, 5.74) is 7.00. The van der Waals surface area contributed by atoms with Gasteiger partial charge in [0.05, 0.1) is 0 Å². The third-order valence-electron chi connectivity index (χ3n) is 2.54. The SMILES string of the molecule is C=C(C)COc1c(F)cc(CC(N)CC)cc1F. The summed E-state index contributed by atoms with van der Waals surface area (Å²) < 4.78 is 32.4. The van der Waals surface area contributed by atoms with Gasteiger partial charge in [-0.15, -0.1) is 0 Å². The average Bonchev–Trinajstić information content (AvgIpc) is 2.27. The maximum Gasteiger partial charge on any atom is 0.191 e. The fraction of sp³-hybridized carbons (Fsp3) is 0.429. The Kier molecular flexibility index (Phi) is 5.28. The summed E-state index contributed by atoms with van der Waals surface area (Å²) in [6.45, 7) is 7.37. The topological polar surface area (TPSA) is 35.2 Å². The molecule has 0 radical (unpaired) electrons. The van der Waals surface area contributed by atoms with Gasteiger partial charge in [-0.2, -0.15) is 0 Å². The van der Waals surface area contributed by atoms with E-state index in [1.54, 1.807) is 6.92 Å². The molecule has 0 aliphatic rings. The summed E-state index contributed by atoms with van der Waals surface area (Å²) >= 11 is 0. The molecule has 1 rings (SSSR count). The first-order valence-corrected chi connectivity index (χ1v) is 5.94. The molecule has 1 aromatic rings. The average molecular weight is 255 g/mol. The first kappa shape index (κ1) is 14.6. The second-order valence-corrected chi connectivity index (χ2v) is 4.51. The third kappa shape index (κ3) is 4.11. The predicted molar refractivity (Wildman–Crippen MR) is 68.6 cm³/mol. The van der Waals surface area contributed by atoms with Crippen molar-refractivity contribution in [3.8, 4) is 5.75 Å². The highest BCUT2D eigenvalue weighted by Crippen LogP contribution is 2.24. The standard InChI is InChI=1S/C14H19F2NO/c1-4-11(17)5-10-6-12(15)14(13(16)7-10)18-8-9(2)3/h6-7,11H,2,4-5,8,17H2,1,3H3. The number of hydrogen-bond acceptors (Lipinski definition) is 2. The molecule has 0 aliphatic heterocycles. The van der Waals surface area contributed by atoms with E-state index in [2.05, 4.69) is 6.58 Å². The van der Waals surface area contributed by atoms with Crippen molar-refractivity contribution in [1.82, 2.24) is 0 Å². The monoisotopic (exact) mass is 255 g/mol. The minimum absolute atomic E-state index is 0.0917. The fourth-order valence-electron chi connectivity index (χ4n) is 1.51. The molecule has 4 heteroatoms. The van der Waals surface area contributed by atoms with Gasteiger partial charge in [0.15, 0.2) is 17.4 Å². The summed E-state index contributed by atoms with van der Waals surface area (Å²) in [7, 11) is 0. The number of rotatable bonds is 6. The lowest BCUT2D eigenvalue weighted by atomic mass is 10.0. The Hall–Kier alpha value is -1.42. The van der Waals surface area contributed by atoms with Gasteiger partial charge in [0, 0.05) is 6.04 Å². The molecule has 0 aromatic heterocycles. The number of hydrogen-bond donors (Lipinski definition) is 1. The van der Waals surface area contributed by atoms with Crippen molar-refractivity contribution in [2.45, 2.75) is 32.7 Å². The lowest BCUT2D eigenvalue weighted by Crippen LogP contribution is -2.21. The van der Waals surface area contributed by atoms with Crippen LogP contribution in [0.15, 0.2) is 24.3 Å². The predicted octanol–water partition coefficient (Wildman–Crippen LogP) is 3.20. The summed E-state index contributed by atoms with van der Waals surface area (Å²) in [4.78, 5) is 0. The third-order valence-corrected chi connectivity index (χ3v) is 2.54. The smallest absolute Gasteiger partial charge is 0.191 e. The van der Waals surface area contributed by atoms with Crippen molar-refractivity contribution in [3.05, 3.63) is 41.5 Å². The van der Waals surface area contributed by atoms with Gasteiger partial charge >= 0.3 is 0 Å². The minimum atomic E-state index is -0.699. The summed E-state index contributed by atoms with van der Waals surface area (Å²) in [5, 5.41) is 0. The van der Waals surface area contributed by atoms with Gasteiger partial charge in [-0.05, 0) is 43.0 Å². The van der Waals surface area contributed by atoms with Crippen LogP contribution in [0.25, 0.3) is 0 Å². The molecule has 2 N–H and O–H groups in total. The van der Waals surface area contributed by atoms with Gasteiger partial charge in [-0.25, -0.2) is 8.78 Å². The van der Waals surface area contributed by atoms with Crippen LogP contribution in [0.4, 0.5) is 8.78 Å². The molecule has 0 saturated heterocycles. The van der Waals surface area contributed by atoms with Crippen molar-refractivity contribution in [1.29, 1.82) is 0 Å². The zero-order valence-corrected chi connectivity index (χ0v) is 10.8. The van der Waals surface area contributed by atoms with Crippen LogP contribution in [0, 0.1) is 11.6 Å². The maximum atomic E-state index is 13.7. The number of halogens is 2. The molecule has 0 amide bonds. The van der Waals surface area contributed by atoms with Crippen LogP contribution in [-0.2, 0) is 6.42 Å². The quantitative estimate of drug-likeness (QED) is 0.792. The van der Waals surface area contributed by atoms with Crippen LogP contribution < -0.4 is 10.5 Å². The van der Waals surface area contributed by atoms with Crippen LogP contribution in [0.5, 0.6) is 5.75 Å². The highest BCUT2D eigenvalue weighted by molar-refractivity contribution is 5.32. The van der Waals surface area contributed by atoms with Crippen molar-refractivity contribution in [2.24, 2.45) is 5.73 Å². The molecule has 100 valence electrons. The molecule has 1 atom stereocenters. The molecule has 0 heterocycles. The molecule has 0 bridgehead atoms. The van der Waals surface area contributed by atoms with Crippen molar-refractivity contribution < 1.29 is 13.5 Å². The molecule has 0 spiro atoms. The zero-order chi connectivity index (χ0) is 13.7. The minimum Gasteiger partial charge on any atom is -0.483 e. The lowest BCUT2D eigenvalue weighted by Gasteiger charge is -2.12. The number of ether oxygens (including phenoxy) is 1. The van der Waals surface area contributed by atoms with Crippen LogP contribution in [0.1, 0.15) is 25.8 Å². The molecule has 0 aliphatic carbocycles. The van der Waals surface area contributed by atoms with Gasteiger partial charge in [0.2, 0.25) is 0 Å². The van der Waals surface area contributed by atoms with E-state index >= 15 is 0 Å². The van der Waals surface area contributed by atoms with Crippen LogP contribution in [0.3, 0.4) is 0 Å². The van der Waals surface area contributed by atoms with Crippen LogP contribution >= 0.6 is 0 Å². The Bertz CT molecular complexity index is 409. The molecule has 0 fully saturated rings. The first-order chi connectivity index (χ1) is 8.43. The summed E-state index contributed by atoms with van der Waals surface area (Å²) in [6.07, 6.45) is 1.21. The summed E-state index contributed by atoms with van der Waals surface area (Å²) in [6, 6.07) is 2.45. The molecular weight excluding hydrogens is 236 g/mol. The molecule has 0 saturated carbocycles. The van der Waals surface area contributed by atoms with Gasteiger partial charge < -0.3 is 10.5 Å². The Labute approximate surface area is 106 Å².